The molecule has 4 heterocycles. The Morgan fingerprint density at radius 2 is 1.75 bits per heavy atom. The number of piperidine rings is 1. The predicted molar refractivity (Wildman–Crippen MR) is 221 cm³/mol. The molecule has 1 aromatic heterocycles. The molecule has 8 nitrogen and oxygen atoms in total. The van der Waals surface area contributed by atoms with Gasteiger partial charge in [0, 0.05) is 47.3 Å². The van der Waals surface area contributed by atoms with Crippen LogP contribution >= 0.6 is 0 Å². The van der Waals surface area contributed by atoms with Crippen molar-refractivity contribution in [2.75, 3.05) is 47.4 Å². The van der Waals surface area contributed by atoms with Gasteiger partial charge in [0.15, 0.2) is 11.5 Å². The SMILES string of the molecule is CN[C@@H](C)[C@@H](O)c1ccccc1.COc1ccc2c3c1O[C@H]1[C@@H](O)C=C[C@H]4[C@@H](C2)N(C)CC[C@@]341.Cc1ccc(/C(=C\CN2CCCC2)c2ccccn2)cc1. The second-order valence-corrected chi connectivity index (χ2v) is 15.8. The van der Waals surface area contributed by atoms with Crippen LogP contribution in [0.5, 0.6) is 11.5 Å². The minimum absolute atomic E-state index is 0.0806. The third-order valence-electron chi connectivity index (χ3n) is 12.5. The highest BCUT2D eigenvalue weighted by Crippen LogP contribution is 2.62. The Bertz CT molecular complexity index is 1930. The average Bonchev–Trinajstić information content (AvgIpc) is 3.88. The van der Waals surface area contributed by atoms with Gasteiger partial charge in [0.1, 0.15) is 12.2 Å². The van der Waals surface area contributed by atoms with E-state index in [1.807, 2.05) is 68.7 Å². The van der Waals surface area contributed by atoms with Crippen LogP contribution in [0.1, 0.15) is 65.8 Å². The fraction of sp³-hybridized carbons (Fsp3) is 0.426. The Kier molecular flexibility index (Phi) is 12.2. The standard InChI is InChI=1S/C19H22N2.C18H21NO3.C10H15NO/c1-16-7-9-17(10-8-16)18(19-6-2-3-12-20-19)11-15-21-13-4-5-14-21;1-19-8-7-18-11-4-5-13(20)17(18)22-16-14(21-2)6-3-10(15(16)18)9-12(11)19;1-8(11-2)10(12)9-6-4-3-5-7-9/h2-3,6-12H,4-5,13-15H2,1H3;3-6,11-13,17,20H,7-9H2,1-2H3;3-8,10-12H,1-2H3/b18-11+;;/t;11-,12+,13-,17-,18-;8-,10+/m.00/s1. The van der Waals surface area contributed by atoms with E-state index in [0.29, 0.717) is 12.0 Å². The maximum atomic E-state index is 10.6. The molecule has 290 valence electrons. The zero-order valence-electron chi connectivity index (χ0n) is 33.1. The van der Waals surface area contributed by atoms with Crippen LogP contribution in [-0.4, -0.2) is 96.7 Å². The van der Waals surface area contributed by atoms with E-state index in [4.69, 9.17) is 9.47 Å². The van der Waals surface area contributed by atoms with Crippen LogP contribution < -0.4 is 14.8 Å². The zero-order valence-corrected chi connectivity index (χ0v) is 33.1. The molecule has 4 aromatic rings. The summed E-state index contributed by atoms with van der Waals surface area (Å²) in [6.45, 7) is 8.59. The van der Waals surface area contributed by atoms with E-state index in [1.54, 1.807) is 7.11 Å². The first-order valence-corrected chi connectivity index (χ1v) is 20.0. The van der Waals surface area contributed by atoms with Crippen molar-refractivity contribution in [2.45, 2.75) is 75.3 Å². The van der Waals surface area contributed by atoms with Crippen molar-refractivity contribution in [2.24, 2.45) is 5.92 Å². The van der Waals surface area contributed by atoms with Gasteiger partial charge in [0.05, 0.1) is 18.9 Å². The molecule has 3 N–H and O–H groups in total. The molecule has 0 saturated carbocycles. The molecular weight excluding hydrogens is 685 g/mol. The Morgan fingerprint density at radius 3 is 2.44 bits per heavy atom. The Hall–Kier alpha value is -4.31. The first-order chi connectivity index (χ1) is 26.7. The highest BCUT2D eigenvalue weighted by atomic mass is 16.5. The second-order valence-electron chi connectivity index (χ2n) is 15.8. The third kappa shape index (κ3) is 7.89. The number of ether oxygens (including phenoxy) is 2. The van der Waals surface area contributed by atoms with Gasteiger partial charge in [-0.25, -0.2) is 0 Å². The highest BCUT2D eigenvalue weighted by Gasteiger charge is 2.64. The molecule has 5 aliphatic rings. The lowest BCUT2D eigenvalue weighted by Crippen LogP contribution is -2.64. The first-order valence-electron chi connectivity index (χ1n) is 20.0. The Labute approximate surface area is 327 Å². The van der Waals surface area contributed by atoms with Gasteiger partial charge in [0.2, 0.25) is 0 Å². The summed E-state index contributed by atoms with van der Waals surface area (Å²) in [5.74, 6) is 2.09. The van der Waals surface area contributed by atoms with Gasteiger partial charge in [-0.1, -0.05) is 90.5 Å². The van der Waals surface area contributed by atoms with Crippen molar-refractivity contribution in [1.29, 1.82) is 0 Å². The molecule has 2 fully saturated rings. The molecule has 2 bridgehead atoms. The highest BCUT2D eigenvalue weighted by molar-refractivity contribution is 5.78. The van der Waals surface area contributed by atoms with Crippen LogP contribution in [0, 0.1) is 12.8 Å². The van der Waals surface area contributed by atoms with Crippen LogP contribution in [0.25, 0.3) is 5.57 Å². The van der Waals surface area contributed by atoms with Crippen LogP contribution in [0.3, 0.4) is 0 Å². The van der Waals surface area contributed by atoms with E-state index in [0.717, 1.165) is 48.7 Å². The van der Waals surface area contributed by atoms with Crippen molar-refractivity contribution in [3.05, 3.63) is 143 Å². The van der Waals surface area contributed by atoms with Crippen molar-refractivity contribution in [3.63, 3.8) is 0 Å². The molecule has 7 atom stereocenters. The molecule has 0 radical (unpaired) electrons. The molecule has 3 aliphatic heterocycles. The van der Waals surface area contributed by atoms with Crippen molar-refractivity contribution >= 4 is 5.57 Å². The topological polar surface area (TPSA) is 90.3 Å². The smallest absolute Gasteiger partial charge is 0.165 e. The van der Waals surface area contributed by atoms with E-state index >= 15 is 0 Å². The fourth-order valence-electron chi connectivity index (χ4n) is 9.30. The van der Waals surface area contributed by atoms with Crippen LogP contribution in [0.2, 0.25) is 0 Å². The quantitative estimate of drug-likeness (QED) is 0.171. The number of likely N-dealkylation sites (tertiary alicyclic amines) is 2. The van der Waals surface area contributed by atoms with E-state index < -0.39 is 12.2 Å². The molecule has 2 aliphatic carbocycles. The van der Waals surface area contributed by atoms with E-state index in [-0.39, 0.29) is 17.6 Å². The lowest BCUT2D eigenvalue weighted by atomic mass is 9.53. The number of nitrogens with zero attached hydrogens (tertiary/aromatic N) is 3. The maximum absolute atomic E-state index is 10.6. The fourth-order valence-corrected chi connectivity index (χ4v) is 9.30. The largest absolute Gasteiger partial charge is 0.493 e. The summed E-state index contributed by atoms with van der Waals surface area (Å²) in [4.78, 5) is 9.52. The first kappa shape index (κ1) is 38.9. The summed E-state index contributed by atoms with van der Waals surface area (Å²) in [7, 11) is 5.75. The molecular formula is C47H58N4O4. The maximum Gasteiger partial charge on any atom is 0.165 e. The Balaban J connectivity index is 0.000000133. The number of aryl methyl sites for hydroxylation is 1. The molecule has 55 heavy (non-hydrogen) atoms. The monoisotopic (exact) mass is 742 g/mol. The van der Waals surface area contributed by atoms with Gasteiger partial charge in [-0.2, -0.15) is 0 Å². The number of aromatic nitrogens is 1. The predicted octanol–water partition coefficient (Wildman–Crippen LogP) is 6.75. The number of aliphatic hydroxyl groups is 2. The number of likely N-dealkylation sites (N-methyl/N-ethyl adjacent to an activating group) is 2. The van der Waals surface area contributed by atoms with Gasteiger partial charge < -0.3 is 29.9 Å². The average molecular weight is 743 g/mol. The normalized spacial score (nSPS) is 26.1. The number of rotatable bonds is 8. The number of nitrogens with one attached hydrogen (secondary N) is 1. The van der Waals surface area contributed by atoms with Crippen molar-refractivity contribution in [1.82, 2.24) is 20.1 Å². The van der Waals surface area contributed by atoms with Gasteiger partial charge in [-0.05, 0) is 108 Å². The minimum Gasteiger partial charge on any atom is -0.493 e. The lowest BCUT2D eigenvalue weighted by molar-refractivity contribution is -0.0453. The number of hydrogen-bond acceptors (Lipinski definition) is 8. The van der Waals surface area contributed by atoms with E-state index in [2.05, 4.69) is 88.7 Å². The molecule has 1 spiro atoms. The molecule has 3 aromatic carbocycles. The molecule has 8 heteroatoms. The molecule has 2 saturated heterocycles. The number of hydrogen-bond donors (Lipinski definition) is 3. The molecule has 9 rings (SSSR count). The van der Waals surface area contributed by atoms with Gasteiger partial charge in [-0.3, -0.25) is 9.88 Å². The zero-order chi connectivity index (χ0) is 38.5. The minimum atomic E-state index is -0.539. The summed E-state index contributed by atoms with van der Waals surface area (Å²) < 4.78 is 11.8. The summed E-state index contributed by atoms with van der Waals surface area (Å²) in [5.41, 5.74) is 8.39. The number of benzene rings is 3. The molecule has 0 amide bonds. The van der Waals surface area contributed by atoms with Crippen LogP contribution in [-0.2, 0) is 11.8 Å². The summed E-state index contributed by atoms with van der Waals surface area (Å²) in [6, 6.07) is 29.3. The number of aliphatic hydroxyl groups excluding tert-OH is 2. The van der Waals surface area contributed by atoms with Crippen molar-refractivity contribution < 1.29 is 19.7 Å². The summed E-state index contributed by atoms with van der Waals surface area (Å²) >= 11 is 0. The second kappa shape index (κ2) is 17.2. The van der Waals surface area contributed by atoms with Gasteiger partial charge >= 0.3 is 0 Å². The van der Waals surface area contributed by atoms with Crippen LogP contribution in [0.15, 0.2) is 109 Å². The van der Waals surface area contributed by atoms with Crippen LogP contribution in [0.4, 0.5) is 0 Å². The van der Waals surface area contributed by atoms with Gasteiger partial charge in [-0.15, -0.1) is 0 Å². The Morgan fingerprint density at radius 1 is 1.00 bits per heavy atom. The summed E-state index contributed by atoms with van der Waals surface area (Å²) in [5, 5.41) is 23.3. The lowest BCUT2D eigenvalue weighted by Gasteiger charge is -2.56. The van der Waals surface area contributed by atoms with E-state index in [9.17, 15) is 10.2 Å². The number of pyridine rings is 1. The van der Waals surface area contributed by atoms with Gasteiger partial charge in [0.25, 0.3) is 0 Å². The third-order valence-corrected chi connectivity index (χ3v) is 12.5. The molecule has 0 unspecified atom stereocenters. The van der Waals surface area contributed by atoms with Crippen molar-refractivity contribution in [3.8, 4) is 11.5 Å². The summed E-state index contributed by atoms with van der Waals surface area (Å²) in [6.07, 6.45) is 12.0. The van der Waals surface area contributed by atoms with E-state index in [1.165, 1.54) is 53.8 Å². The number of methoxy groups -OCH3 is 1.